The van der Waals surface area contributed by atoms with E-state index in [2.05, 4.69) is 28.1 Å². The summed E-state index contributed by atoms with van der Waals surface area (Å²) in [6.07, 6.45) is 0. The molecule has 1 unspecified atom stereocenters. The van der Waals surface area contributed by atoms with E-state index in [1.165, 1.54) is 22.3 Å². The Hall–Kier alpha value is -0.990. The lowest BCUT2D eigenvalue weighted by molar-refractivity contribution is 1.25. The Morgan fingerprint density at radius 2 is 1.62 bits per heavy atom. The summed E-state index contributed by atoms with van der Waals surface area (Å²) in [6.45, 7) is 0. The van der Waals surface area contributed by atoms with Gasteiger partial charge in [0.2, 0.25) is 0 Å². The van der Waals surface area contributed by atoms with Crippen LogP contribution < -0.4 is 5.73 Å². The molecule has 1 aliphatic carbocycles. The Kier molecular flexibility index (Phi) is 2.23. The van der Waals surface area contributed by atoms with Crippen molar-refractivity contribution in [3.63, 3.8) is 0 Å². The Labute approximate surface area is 107 Å². The fraction of sp³-hybridized carbons (Fsp3) is 0.0769. The molecule has 0 amide bonds. The number of alkyl halides is 1. The van der Waals surface area contributed by atoms with E-state index in [4.69, 9.17) is 17.3 Å². The van der Waals surface area contributed by atoms with Crippen LogP contribution in [0.3, 0.4) is 0 Å². The van der Waals surface area contributed by atoms with E-state index >= 15 is 0 Å². The molecular formula is C13H9BrClN. The maximum atomic E-state index is 6.02. The monoisotopic (exact) mass is 293 g/mol. The number of halogens is 2. The van der Waals surface area contributed by atoms with Crippen LogP contribution in [0.15, 0.2) is 36.4 Å². The first-order valence-electron chi connectivity index (χ1n) is 5.00. The summed E-state index contributed by atoms with van der Waals surface area (Å²) < 4.78 is 0. The quantitative estimate of drug-likeness (QED) is 0.566. The van der Waals surface area contributed by atoms with Crippen LogP contribution in [0.4, 0.5) is 5.69 Å². The molecule has 80 valence electrons. The Balaban J connectivity index is 2.30. The lowest BCUT2D eigenvalue weighted by Gasteiger charge is -2.04. The van der Waals surface area contributed by atoms with Crippen molar-refractivity contribution in [3.05, 3.63) is 52.5 Å². The first-order chi connectivity index (χ1) is 7.66. The van der Waals surface area contributed by atoms with Gasteiger partial charge in [0.05, 0.1) is 4.83 Å². The summed E-state index contributed by atoms with van der Waals surface area (Å²) in [5.74, 6) is 0. The largest absolute Gasteiger partial charge is 0.399 e. The molecule has 3 heteroatoms. The van der Waals surface area contributed by atoms with E-state index in [0.29, 0.717) is 0 Å². The Bertz CT molecular complexity index is 529. The van der Waals surface area contributed by atoms with E-state index in [-0.39, 0.29) is 4.83 Å². The molecule has 0 saturated heterocycles. The van der Waals surface area contributed by atoms with Crippen molar-refractivity contribution in [2.75, 3.05) is 5.73 Å². The lowest BCUT2D eigenvalue weighted by Crippen LogP contribution is -1.89. The number of nitrogens with two attached hydrogens (primary N) is 1. The van der Waals surface area contributed by atoms with Gasteiger partial charge in [-0.05, 0) is 46.5 Å². The molecule has 0 spiro atoms. The van der Waals surface area contributed by atoms with Gasteiger partial charge >= 0.3 is 0 Å². The van der Waals surface area contributed by atoms with Gasteiger partial charge in [-0.15, -0.1) is 0 Å². The van der Waals surface area contributed by atoms with Gasteiger partial charge in [0.1, 0.15) is 0 Å². The van der Waals surface area contributed by atoms with Crippen molar-refractivity contribution in [2.24, 2.45) is 0 Å². The van der Waals surface area contributed by atoms with E-state index in [9.17, 15) is 0 Å². The van der Waals surface area contributed by atoms with Gasteiger partial charge in [-0.1, -0.05) is 39.7 Å². The maximum Gasteiger partial charge on any atom is 0.0657 e. The number of nitrogen functional groups attached to an aromatic ring is 1. The fourth-order valence-corrected chi connectivity index (χ4v) is 3.13. The molecule has 0 bridgehead atoms. The number of fused-ring (bicyclic) bond motifs is 3. The molecule has 1 atom stereocenters. The van der Waals surface area contributed by atoms with Gasteiger partial charge in [-0.3, -0.25) is 0 Å². The van der Waals surface area contributed by atoms with E-state index in [1.807, 2.05) is 24.3 Å². The van der Waals surface area contributed by atoms with Crippen LogP contribution in [0.25, 0.3) is 11.1 Å². The summed E-state index contributed by atoms with van der Waals surface area (Å²) >= 11 is 9.71. The fourth-order valence-electron chi connectivity index (χ4n) is 2.19. The standard InChI is InChI=1S/C13H9BrClN/c14-13-11-5-7(15)1-3-9(11)10-4-2-8(16)6-12(10)13/h1-6,13H,16H2. The van der Waals surface area contributed by atoms with Crippen LogP contribution in [0, 0.1) is 0 Å². The molecule has 0 aromatic heterocycles. The molecule has 1 aliphatic rings. The minimum Gasteiger partial charge on any atom is -0.399 e. The van der Waals surface area contributed by atoms with Gasteiger partial charge in [0.25, 0.3) is 0 Å². The second-order valence-corrected chi connectivity index (χ2v) is 5.29. The molecule has 2 aromatic rings. The zero-order valence-corrected chi connectivity index (χ0v) is 10.7. The zero-order chi connectivity index (χ0) is 11.3. The smallest absolute Gasteiger partial charge is 0.0657 e. The summed E-state index contributed by atoms with van der Waals surface area (Å²) in [4.78, 5) is 0.194. The SMILES string of the molecule is Nc1ccc2c(c1)C(Br)c1cc(Cl)ccc1-2. The first-order valence-corrected chi connectivity index (χ1v) is 6.29. The molecule has 3 rings (SSSR count). The van der Waals surface area contributed by atoms with E-state index in [1.54, 1.807) is 0 Å². The highest BCUT2D eigenvalue weighted by atomic mass is 79.9. The number of hydrogen-bond acceptors (Lipinski definition) is 1. The number of rotatable bonds is 0. The molecule has 0 heterocycles. The van der Waals surface area contributed by atoms with Crippen LogP contribution >= 0.6 is 27.5 Å². The van der Waals surface area contributed by atoms with E-state index in [0.717, 1.165) is 10.7 Å². The molecule has 0 saturated carbocycles. The second-order valence-electron chi connectivity index (χ2n) is 3.94. The van der Waals surface area contributed by atoms with Crippen LogP contribution in [-0.4, -0.2) is 0 Å². The van der Waals surface area contributed by atoms with Gasteiger partial charge in [-0.25, -0.2) is 0 Å². The topological polar surface area (TPSA) is 26.0 Å². The molecule has 0 radical (unpaired) electrons. The summed E-state index contributed by atoms with van der Waals surface area (Å²) in [5.41, 5.74) is 11.5. The number of benzene rings is 2. The highest BCUT2D eigenvalue weighted by Crippen LogP contribution is 2.49. The van der Waals surface area contributed by atoms with Crippen molar-refractivity contribution in [1.82, 2.24) is 0 Å². The lowest BCUT2D eigenvalue weighted by atomic mass is 10.1. The molecule has 1 nitrogen and oxygen atoms in total. The third-order valence-electron chi connectivity index (χ3n) is 2.93. The Morgan fingerprint density at radius 1 is 1.00 bits per heavy atom. The van der Waals surface area contributed by atoms with Crippen molar-refractivity contribution >= 4 is 33.2 Å². The third kappa shape index (κ3) is 1.37. The number of hydrogen-bond donors (Lipinski definition) is 1. The van der Waals surface area contributed by atoms with Crippen molar-refractivity contribution in [2.45, 2.75) is 4.83 Å². The minimum absolute atomic E-state index is 0.194. The average Bonchev–Trinajstić information content (AvgIpc) is 2.53. The predicted octanol–water partition coefficient (Wildman–Crippen LogP) is 4.39. The van der Waals surface area contributed by atoms with Gasteiger partial charge in [0.15, 0.2) is 0 Å². The van der Waals surface area contributed by atoms with Crippen molar-refractivity contribution in [3.8, 4) is 11.1 Å². The summed E-state index contributed by atoms with van der Waals surface area (Å²) in [6, 6.07) is 12.0. The first kappa shape index (κ1) is 10.2. The zero-order valence-electron chi connectivity index (χ0n) is 8.37. The second kappa shape index (κ2) is 3.51. The maximum absolute atomic E-state index is 6.02. The van der Waals surface area contributed by atoms with E-state index < -0.39 is 0 Å². The molecule has 2 aromatic carbocycles. The van der Waals surface area contributed by atoms with Crippen LogP contribution in [0.5, 0.6) is 0 Å². The predicted molar refractivity (Wildman–Crippen MR) is 72.1 cm³/mol. The van der Waals surface area contributed by atoms with Gasteiger partial charge in [0, 0.05) is 10.7 Å². The molecule has 16 heavy (non-hydrogen) atoms. The minimum atomic E-state index is 0.194. The molecule has 2 N–H and O–H groups in total. The van der Waals surface area contributed by atoms with Crippen molar-refractivity contribution < 1.29 is 0 Å². The van der Waals surface area contributed by atoms with Gasteiger partial charge < -0.3 is 5.73 Å². The molecule has 0 aliphatic heterocycles. The number of anilines is 1. The summed E-state index contributed by atoms with van der Waals surface area (Å²) in [5, 5.41) is 0.768. The summed E-state index contributed by atoms with van der Waals surface area (Å²) in [7, 11) is 0. The van der Waals surface area contributed by atoms with Crippen LogP contribution in [0.1, 0.15) is 16.0 Å². The average molecular weight is 295 g/mol. The normalized spacial score (nSPS) is 17.0. The van der Waals surface area contributed by atoms with Crippen molar-refractivity contribution in [1.29, 1.82) is 0 Å². The molecule has 0 fully saturated rings. The van der Waals surface area contributed by atoms with Crippen LogP contribution in [0.2, 0.25) is 5.02 Å². The van der Waals surface area contributed by atoms with Crippen LogP contribution in [-0.2, 0) is 0 Å². The Morgan fingerprint density at radius 3 is 2.38 bits per heavy atom. The van der Waals surface area contributed by atoms with Gasteiger partial charge in [-0.2, -0.15) is 0 Å². The highest BCUT2D eigenvalue weighted by molar-refractivity contribution is 9.09. The third-order valence-corrected chi connectivity index (χ3v) is 4.15. The highest BCUT2D eigenvalue weighted by Gasteiger charge is 2.26. The molecular weight excluding hydrogens is 286 g/mol.